The SMILES string of the molecule is CCCCCCCCCCCCCCCCCCCOC(=O)[C@H](Cc1ccccc1)N[P@](=O)(Oc1ccccc1)Oc1c(F)c(F)c(F)c(F)c1F. The first kappa shape index (κ1) is 43.0. The molecule has 3 rings (SSSR count). The van der Waals surface area contributed by atoms with Crippen LogP contribution in [0.4, 0.5) is 22.0 Å². The quantitative estimate of drug-likeness (QED) is 0.0209. The van der Waals surface area contributed by atoms with Gasteiger partial charge in [0, 0.05) is 0 Å². The molecule has 2 atom stereocenters. The maximum Gasteiger partial charge on any atom is 0.513 e. The molecular weight excluding hydrogens is 700 g/mol. The summed E-state index contributed by atoms with van der Waals surface area (Å²) in [4.78, 5) is 13.4. The molecule has 1 N–H and O–H groups in total. The minimum Gasteiger partial charge on any atom is -0.465 e. The molecule has 0 aliphatic rings. The van der Waals surface area contributed by atoms with Crippen molar-refractivity contribution in [2.45, 2.75) is 129 Å². The Morgan fingerprint density at radius 3 is 1.50 bits per heavy atom. The lowest BCUT2D eigenvalue weighted by atomic mass is 10.0. The molecule has 0 aliphatic heterocycles. The van der Waals surface area contributed by atoms with E-state index in [0.29, 0.717) is 12.0 Å². The van der Waals surface area contributed by atoms with Gasteiger partial charge in [0.25, 0.3) is 0 Å². The minimum atomic E-state index is -5.08. The first-order chi connectivity index (χ1) is 25.1. The number of unbranched alkanes of at least 4 members (excludes halogenated alkanes) is 16. The molecule has 52 heavy (non-hydrogen) atoms. The van der Waals surface area contributed by atoms with E-state index in [1.807, 2.05) is 0 Å². The monoisotopic (exact) mass is 753 g/mol. The second kappa shape index (κ2) is 24.0. The van der Waals surface area contributed by atoms with Crippen molar-refractivity contribution in [1.29, 1.82) is 0 Å². The van der Waals surface area contributed by atoms with Crippen LogP contribution < -0.4 is 14.1 Å². The van der Waals surface area contributed by atoms with Gasteiger partial charge in [-0.25, -0.2) is 17.7 Å². The third kappa shape index (κ3) is 15.3. The van der Waals surface area contributed by atoms with Crippen LogP contribution in [0, 0.1) is 29.1 Å². The molecule has 3 aromatic carbocycles. The Morgan fingerprint density at radius 2 is 1.02 bits per heavy atom. The van der Waals surface area contributed by atoms with Crippen LogP contribution in [0.5, 0.6) is 11.5 Å². The highest BCUT2D eigenvalue weighted by molar-refractivity contribution is 7.52. The van der Waals surface area contributed by atoms with Crippen LogP contribution in [-0.4, -0.2) is 18.6 Å². The molecule has 3 aromatic rings. The highest BCUT2D eigenvalue weighted by Gasteiger charge is 2.39. The van der Waals surface area contributed by atoms with E-state index in [1.165, 1.54) is 101 Å². The number of ether oxygens (including phenoxy) is 1. The van der Waals surface area contributed by atoms with Gasteiger partial charge in [-0.05, 0) is 30.5 Å². The van der Waals surface area contributed by atoms with Gasteiger partial charge in [0.05, 0.1) is 6.61 Å². The Kier molecular flexibility index (Phi) is 19.8. The summed E-state index contributed by atoms with van der Waals surface area (Å²) in [5, 5.41) is 2.36. The molecule has 0 saturated heterocycles. The molecular formula is C40H53F5NO5P. The molecule has 6 nitrogen and oxygen atoms in total. The van der Waals surface area contributed by atoms with Crippen molar-refractivity contribution in [2.75, 3.05) is 6.61 Å². The van der Waals surface area contributed by atoms with Crippen LogP contribution in [0.2, 0.25) is 0 Å². The molecule has 0 heterocycles. The van der Waals surface area contributed by atoms with Crippen LogP contribution >= 0.6 is 7.75 Å². The van der Waals surface area contributed by atoms with E-state index in [1.54, 1.807) is 36.4 Å². The largest absolute Gasteiger partial charge is 0.513 e. The third-order valence-electron chi connectivity index (χ3n) is 8.72. The topological polar surface area (TPSA) is 73.9 Å². The Bertz CT molecular complexity index is 1490. The fourth-order valence-corrected chi connectivity index (χ4v) is 7.32. The Hall–Kier alpha value is -3.43. The van der Waals surface area contributed by atoms with Gasteiger partial charge in [-0.15, -0.1) is 0 Å². The van der Waals surface area contributed by atoms with E-state index in [4.69, 9.17) is 13.8 Å². The maximum absolute atomic E-state index is 14.6. The van der Waals surface area contributed by atoms with Gasteiger partial charge in [0.2, 0.25) is 34.8 Å². The van der Waals surface area contributed by atoms with Gasteiger partial charge >= 0.3 is 13.7 Å². The van der Waals surface area contributed by atoms with Gasteiger partial charge in [-0.3, -0.25) is 4.79 Å². The summed E-state index contributed by atoms with van der Waals surface area (Å²) in [6.45, 7) is 2.30. The van der Waals surface area contributed by atoms with Gasteiger partial charge in [-0.1, -0.05) is 158 Å². The van der Waals surface area contributed by atoms with Crippen molar-refractivity contribution >= 4 is 13.7 Å². The first-order valence-electron chi connectivity index (χ1n) is 18.7. The number of hydrogen-bond acceptors (Lipinski definition) is 5. The molecule has 0 bridgehead atoms. The molecule has 0 saturated carbocycles. The molecule has 0 fully saturated rings. The smallest absolute Gasteiger partial charge is 0.465 e. The standard InChI is InChI=1S/C40H53F5NO5P/c1-2-3-4-5-6-7-8-9-10-11-12-13-14-15-16-17-24-29-49-40(47)33(30-31-25-20-18-21-26-31)46-52(48,50-32-27-22-19-23-28-32)51-39-37(44)35(42)34(41)36(43)38(39)45/h18-23,25-28,33H,2-17,24,29-30H2,1H3,(H,46,48)/t33-,52-/m0/s1. The zero-order valence-corrected chi connectivity index (χ0v) is 31.1. The van der Waals surface area contributed by atoms with Crippen LogP contribution in [0.25, 0.3) is 0 Å². The van der Waals surface area contributed by atoms with Crippen molar-refractivity contribution in [2.24, 2.45) is 0 Å². The average Bonchev–Trinajstić information content (AvgIpc) is 3.15. The lowest BCUT2D eigenvalue weighted by Gasteiger charge is -2.25. The van der Waals surface area contributed by atoms with Crippen LogP contribution in [0.15, 0.2) is 60.7 Å². The van der Waals surface area contributed by atoms with Crippen molar-refractivity contribution in [3.05, 3.63) is 95.3 Å². The summed E-state index contributed by atoms with van der Waals surface area (Å²) < 4.78 is 101. The summed E-state index contributed by atoms with van der Waals surface area (Å²) in [5.41, 5.74) is 0.595. The number of para-hydroxylation sites is 1. The van der Waals surface area contributed by atoms with Crippen molar-refractivity contribution < 1.29 is 45.1 Å². The van der Waals surface area contributed by atoms with Crippen LogP contribution in [0.1, 0.15) is 122 Å². The molecule has 12 heteroatoms. The second-order valence-electron chi connectivity index (χ2n) is 13.1. The predicted molar refractivity (Wildman–Crippen MR) is 194 cm³/mol. The van der Waals surface area contributed by atoms with E-state index in [9.17, 15) is 31.3 Å². The summed E-state index contributed by atoms with van der Waals surface area (Å²) in [6, 6.07) is 14.3. The van der Waals surface area contributed by atoms with E-state index < -0.39 is 54.6 Å². The number of esters is 1. The van der Waals surface area contributed by atoms with Gasteiger partial charge in [0.1, 0.15) is 11.8 Å². The van der Waals surface area contributed by atoms with Gasteiger partial charge in [0.15, 0.2) is 0 Å². The minimum absolute atomic E-state index is 0.0623. The molecule has 0 spiro atoms. The van der Waals surface area contributed by atoms with E-state index in [2.05, 4.69) is 12.0 Å². The average molecular weight is 754 g/mol. The predicted octanol–water partition coefficient (Wildman–Crippen LogP) is 12.3. The van der Waals surface area contributed by atoms with Gasteiger partial charge in [-0.2, -0.15) is 13.9 Å². The van der Waals surface area contributed by atoms with E-state index in [-0.39, 0.29) is 18.8 Å². The summed E-state index contributed by atoms with van der Waals surface area (Å²) in [6.07, 6.45) is 20.3. The summed E-state index contributed by atoms with van der Waals surface area (Å²) in [5.74, 6) is -14.5. The highest BCUT2D eigenvalue weighted by Crippen LogP contribution is 2.48. The number of rotatable bonds is 27. The number of carbonyl (C=O) groups is 1. The number of halogens is 5. The lowest BCUT2D eigenvalue weighted by molar-refractivity contribution is -0.145. The van der Waals surface area contributed by atoms with Crippen molar-refractivity contribution in [3.63, 3.8) is 0 Å². The van der Waals surface area contributed by atoms with Crippen molar-refractivity contribution in [3.8, 4) is 11.5 Å². The molecule has 288 valence electrons. The summed E-state index contributed by atoms with van der Waals surface area (Å²) >= 11 is 0. The first-order valence-corrected chi connectivity index (χ1v) is 20.2. The number of nitrogens with one attached hydrogen (secondary N) is 1. The Balaban J connectivity index is 1.51. The summed E-state index contributed by atoms with van der Waals surface area (Å²) in [7, 11) is -5.08. The molecule has 0 unspecified atom stereocenters. The molecule has 0 aliphatic carbocycles. The Morgan fingerprint density at radius 1 is 0.596 bits per heavy atom. The zero-order valence-electron chi connectivity index (χ0n) is 30.2. The lowest BCUT2D eigenvalue weighted by Crippen LogP contribution is -2.40. The van der Waals surface area contributed by atoms with Gasteiger partial charge < -0.3 is 13.8 Å². The normalized spacial score (nSPS) is 13.0. The second-order valence-corrected chi connectivity index (χ2v) is 14.7. The van der Waals surface area contributed by atoms with Crippen LogP contribution in [0.3, 0.4) is 0 Å². The fourth-order valence-electron chi connectivity index (χ4n) is 5.80. The van der Waals surface area contributed by atoms with E-state index >= 15 is 0 Å². The number of benzene rings is 3. The molecule has 0 aromatic heterocycles. The van der Waals surface area contributed by atoms with E-state index in [0.717, 1.165) is 25.7 Å². The number of carbonyl (C=O) groups excluding carboxylic acids is 1. The maximum atomic E-state index is 14.6. The fraction of sp³-hybridized carbons (Fsp3) is 0.525. The van der Waals surface area contributed by atoms with Crippen molar-refractivity contribution in [1.82, 2.24) is 5.09 Å². The zero-order chi connectivity index (χ0) is 37.6. The Labute approximate surface area is 305 Å². The van der Waals surface area contributed by atoms with Crippen LogP contribution in [-0.2, 0) is 20.5 Å². The number of hydrogen-bond donors (Lipinski definition) is 1. The molecule has 0 amide bonds. The third-order valence-corrected chi connectivity index (χ3v) is 10.2. The molecule has 0 radical (unpaired) electrons. The highest BCUT2D eigenvalue weighted by atomic mass is 31.2.